The molecule has 0 rings (SSSR count). The summed E-state index contributed by atoms with van der Waals surface area (Å²) in [5, 5.41) is 3.57. The topological polar surface area (TPSA) is 146 Å². The van der Waals surface area contributed by atoms with Gasteiger partial charge in [0.05, 0.1) is 26.5 Å². The molecule has 0 aliphatic heterocycles. The monoisotopic (exact) mass is 395 g/mol. The number of halogens is 1. The molecule has 0 aromatic heterocycles. The number of nitrogens with zero attached hydrogens (tertiary/aromatic N) is 1. The Morgan fingerprint density at radius 3 is 2.04 bits per heavy atom. The van der Waals surface area contributed by atoms with Crippen LogP contribution in [0.1, 0.15) is 13.8 Å². The van der Waals surface area contributed by atoms with Gasteiger partial charge in [0.1, 0.15) is 5.92 Å². The molecule has 0 aliphatic carbocycles. The Labute approximate surface area is 140 Å². The van der Waals surface area contributed by atoms with Gasteiger partial charge in [-0.15, -0.1) is 0 Å². The molecule has 0 saturated heterocycles. The number of hydrazone groups is 1. The van der Waals surface area contributed by atoms with Gasteiger partial charge in [0.25, 0.3) is 0 Å². The van der Waals surface area contributed by atoms with Gasteiger partial charge in [-0.05, 0) is 13.8 Å². The van der Waals surface area contributed by atoms with Crippen molar-refractivity contribution in [3.8, 4) is 0 Å². The van der Waals surface area contributed by atoms with Crippen LogP contribution in [0.4, 0.5) is 4.79 Å². The highest BCUT2D eigenvalue weighted by Crippen LogP contribution is 2.33. The summed E-state index contributed by atoms with van der Waals surface area (Å²) in [6.45, 7) is 2.81. The van der Waals surface area contributed by atoms with Crippen molar-refractivity contribution in [2.24, 2.45) is 16.8 Å². The number of alkyl halides is 1. The summed E-state index contributed by atoms with van der Waals surface area (Å²) in [5.74, 6) is -4.71. The van der Waals surface area contributed by atoms with Crippen LogP contribution in [-0.2, 0) is 28.6 Å². The van der Waals surface area contributed by atoms with E-state index in [2.05, 4.69) is 30.5 Å². The fraction of sp³-hybridized carbons (Fsp3) is 0.583. The first-order chi connectivity index (χ1) is 10.7. The molecule has 1 atom stereocenters. The second kappa shape index (κ2) is 9.08. The number of carbonyl (C=O) groups is 4. The van der Waals surface area contributed by atoms with Crippen LogP contribution in [0.5, 0.6) is 0 Å². The molecule has 130 valence electrons. The number of esters is 3. The van der Waals surface area contributed by atoms with E-state index >= 15 is 0 Å². The van der Waals surface area contributed by atoms with E-state index in [1.54, 1.807) is 0 Å². The van der Waals surface area contributed by atoms with E-state index in [0.29, 0.717) is 0 Å². The molecule has 2 amide bonds. The molecule has 0 aromatic carbocycles. The maximum absolute atomic E-state index is 12.2. The minimum absolute atomic E-state index is 0.0166. The average Bonchev–Trinajstić information content (AvgIpc) is 2.51. The Balaban J connectivity index is 6.09. The summed E-state index contributed by atoms with van der Waals surface area (Å²) in [5.41, 5.74) is 6.66. The van der Waals surface area contributed by atoms with Crippen molar-refractivity contribution in [1.82, 2.24) is 5.43 Å². The summed E-state index contributed by atoms with van der Waals surface area (Å²) in [6, 6.07) is -0.997. The number of hydrogen-bond acceptors (Lipinski definition) is 8. The minimum Gasteiger partial charge on any atom is -0.467 e. The molecule has 0 heterocycles. The van der Waals surface area contributed by atoms with Crippen LogP contribution in [0.15, 0.2) is 5.10 Å². The zero-order valence-electron chi connectivity index (χ0n) is 13.0. The second-order valence-corrected chi connectivity index (χ2v) is 5.36. The van der Waals surface area contributed by atoms with E-state index in [4.69, 9.17) is 10.5 Å². The van der Waals surface area contributed by atoms with E-state index < -0.39 is 34.2 Å². The van der Waals surface area contributed by atoms with Gasteiger partial charge >= 0.3 is 23.9 Å². The molecule has 0 aromatic rings. The second-order valence-electron chi connectivity index (χ2n) is 4.11. The Kier molecular flexibility index (Phi) is 8.22. The Morgan fingerprint density at radius 2 is 1.70 bits per heavy atom. The molecule has 11 heteroatoms. The lowest BCUT2D eigenvalue weighted by atomic mass is 9.88. The van der Waals surface area contributed by atoms with E-state index in [1.807, 2.05) is 5.43 Å². The van der Waals surface area contributed by atoms with Gasteiger partial charge in [-0.3, -0.25) is 4.79 Å². The van der Waals surface area contributed by atoms with Gasteiger partial charge in [-0.25, -0.2) is 19.8 Å². The number of amides is 2. The summed E-state index contributed by atoms with van der Waals surface area (Å²) >= 11 is 2.91. The third kappa shape index (κ3) is 4.91. The maximum Gasteiger partial charge on any atom is 0.335 e. The molecule has 10 nitrogen and oxygen atoms in total. The number of hydrogen-bond donors (Lipinski definition) is 2. The number of ether oxygens (including phenoxy) is 3. The SMILES string of the molecule is CCOC(=O)C(/C(C)=N/NC(N)=O)C(Br)(C(=O)OC)C(=O)OC. The largest absolute Gasteiger partial charge is 0.467 e. The summed E-state index contributed by atoms with van der Waals surface area (Å²) in [4.78, 5) is 47.1. The number of nitrogens with two attached hydrogens (primary N) is 1. The molecular formula is C12H18BrN3O7. The van der Waals surface area contributed by atoms with E-state index in [0.717, 1.165) is 14.2 Å². The molecule has 0 saturated carbocycles. The highest BCUT2D eigenvalue weighted by molar-refractivity contribution is 9.10. The van der Waals surface area contributed by atoms with Gasteiger partial charge in [0.15, 0.2) is 0 Å². The first-order valence-corrected chi connectivity index (χ1v) is 7.08. The number of urea groups is 1. The lowest BCUT2D eigenvalue weighted by Crippen LogP contribution is -2.55. The van der Waals surface area contributed by atoms with Gasteiger partial charge in [-0.2, -0.15) is 5.10 Å². The zero-order chi connectivity index (χ0) is 18.2. The first kappa shape index (κ1) is 20.8. The van der Waals surface area contributed by atoms with Crippen molar-refractivity contribution in [3.05, 3.63) is 0 Å². The molecule has 0 bridgehead atoms. The Hall–Kier alpha value is -2.17. The average molecular weight is 396 g/mol. The highest BCUT2D eigenvalue weighted by Gasteiger charge is 2.58. The van der Waals surface area contributed by atoms with Crippen LogP contribution in [0.3, 0.4) is 0 Å². The number of rotatable bonds is 7. The molecular weight excluding hydrogens is 378 g/mol. The molecule has 3 N–H and O–H groups in total. The Bertz CT molecular complexity index is 505. The standard InChI is InChI=1S/C12H18BrN3O7/c1-5-23-8(17)7(6(2)15-16-11(14)20)12(13,9(18)21-3)10(19)22-4/h7H,5H2,1-4H3,(H3,14,16,20)/b15-6+. The zero-order valence-corrected chi connectivity index (χ0v) is 14.6. The highest BCUT2D eigenvalue weighted by atomic mass is 79.9. The first-order valence-electron chi connectivity index (χ1n) is 6.28. The van der Waals surface area contributed by atoms with Crippen LogP contribution < -0.4 is 11.2 Å². The van der Waals surface area contributed by atoms with Crippen LogP contribution in [0.2, 0.25) is 0 Å². The van der Waals surface area contributed by atoms with Crippen molar-refractivity contribution in [1.29, 1.82) is 0 Å². The number of nitrogens with one attached hydrogen (secondary N) is 1. The van der Waals surface area contributed by atoms with E-state index in [-0.39, 0.29) is 12.3 Å². The fourth-order valence-corrected chi connectivity index (χ4v) is 2.51. The molecule has 0 aliphatic rings. The summed E-state index contributed by atoms with van der Waals surface area (Å²) in [7, 11) is 2.05. The molecule has 0 fully saturated rings. The molecule has 1 unspecified atom stereocenters. The van der Waals surface area contributed by atoms with Gasteiger partial charge in [0.2, 0.25) is 4.32 Å². The predicted octanol–water partition coefficient (Wildman–Crippen LogP) is -0.310. The van der Waals surface area contributed by atoms with Crippen LogP contribution >= 0.6 is 15.9 Å². The summed E-state index contributed by atoms with van der Waals surface area (Å²) in [6.07, 6.45) is 0. The number of primary amides is 1. The van der Waals surface area contributed by atoms with Crippen LogP contribution in [-0.4, -0.2) is 54.8 Å². The van der Waals surface area contributed by atoms with Crippen molar-refractivity contribution in [2.75, 3.05) is 20.8 Å². The normalized spacial score (nSPS) is 12.8. The maximum atomic E-state index is 12.2. The third-order valence-electron chi connectivity index (χ3n) is 2.65. The lowest BCUT2D eigenvalue weighted by Gasteiger charge is -2.29. The van der Waals surface area contributed by atoms with Crippen LogP contribution in [0, 0.1) is 5.92 Å². The van der Waals surface area contributed by atoms with Gasteiger partial charge in [-0.1, -0.05) is 15.9 Å². The van der Waals surface area contributed by atoms with E-state index in [9.17, 15) is 19.2 Å². The van der Waals surface area contributed by atoms with Crippen molar-refractivity contribution in [3.63, 3.8) is 0 Å². The van der Waals surface area contributed by atoms with Crippen LogP contribution in [0.25, 0.3) is 0 Å². The smallest absolute Gasteiger partial charge is 0.335 e. The fourth-order valence-electron chi connectivity index (χ4n) is 1.67. The minimum atomic E-state index is -2.24. The number of methoxy groups -OCH3 is 2. The van der Waals surface area contributed by atoms with Crippen molar-refractivity contribution >= 4 is 45.6 Å². The third-order valence-corrected chi connectivity index (χ3v) is 3.75. The van der Waals surface area contributed by atoms with Crippen molar-refractivity contribution < 1.29 is 33.4 Å². The number of carbonyl (C=O) groups excluding carboxylic acids is 4. The van der Waals surface area contributed by atoms with Gasteiger partial charge in [0, 0.05) is 0 Å². The van der Waals surface area contributed by atoms with Gasteiger partial charge < -0.3 is 19.9 Å². The predicted molar refractivity (Wildman–Crippen MR) is 81.6 cm³/mol. The van der Waals surface area contributed by atoms with E-state index in [1.165, 1.54) is 13.8 Å². The quantitative estimate of drug-likeness (QED) is 0.150. The molecule has 23 heavy (non-hydrogen) atoms. The van der Waals surface area contributed by atoms with Crippen molar-refractivity contribution in [2.45, 2.75) is 18.2 Å². The Morgan fingerprint density at radius 1 is 1.22 bits per heavy atom. The summed E-state index contributed by atoms with van der Waals surface area (Å²) < 4.78 is 11.7. The lowest BCUT2D eigenvalue weighted by molar-refractivity contribution is -0.163. The molecule has 0 spiro atoms. The molecule has 0 radical (unpaired) electrons.